The molecule has 0 bridgehead atoms. The Morgan fingerprint density at radius 3 is 2.50 bits per heavy atom. The van der Waals surface area contributed by atoms with E-state index < -0.39 is 0 Å². The zero-order valence-electron chi connectivity index (χ0n) is 13.4. The van der Waals surface area contributed by atoms with Crippen LogP contribution in [-0.2, 0) is 16.0 Å². The molecule has 1 N–H and O–H groups in total. The maximum absolute atomic E-state index is 5.77. The first-order chi connectivity index (χ1) is 10.7. The zero-order chi connectivity index (χ0) is 15.4. The molecule has 5 heteroatoms. The standard InChI is InChI=1S/C17H25NO4/c1-19-15-3-4-16(20-2)13(11-15)12-18-14-5-7-17(8-6-14)21-9-10-22-17/h3-4,11,14,18H,5-10,12H2,1-2H3. The minimum absolute atomic E-state index is 0.286. The van der Waals surface area contributed by atoms with Gasteiger partial charge in [-0.3, -0.25) is 0 Å². The van der Waals surface area contributed by atoms with Gasteiger partial charge in [0.25, 0.3) is 0 Å². The van der Waals surface area contributed by atoms with E-state index in [1.165, 1.54) is 0 Å². The van der Waals surface area contributed by atoms with Crippen LogP contribution in [-0.4, -0.2) is 39.3 Å². The molecular formula is C17H25NO4. The van der Waals surface area contributed by atoms with E-state index in [-0.39, 0.29) is 5.79 Å². The Morgan fingerprint density at radius 1 is 1.14 bits per heavy atom. The molecule has 1 heterocycles. The Bertz CT molecular complexity index is 489. The molecule has 1 aromatic rings. The molecule has 0 amide bonds. The molecule has 0 aromatic heterocycles. The molecule has 3 rings (SSSR count). The largest absolute Gasteiger partial charge is 0.497 e. The minimum atomic E-state index is -0.286. The number of methoxy groups -OCH3 is 2. The lowest BCUT2D eigenvalue weighted by Crippen LogP contribution is -2.41. The number of benzene rings is 1. The fraction of sp³-hybridized carbons (Fsp3) is 0.647. The summed E-state index contributed by atoms with van der Waals surface area (Å²) in [5, 5.41) is 3.62. The van der Waals surface area contributed by atoms with Crippen molar-refractivity contribution in [2.45, 2.75) is 44.1 Å². The van der Waals surface area contributed by atoms with E-state index in [1.54, 1.807) is 14.2 Å². The maximum atomic E-state index is 5.77. The molecule has 2 aliphatic rings. The molecule has 2 fully saturated rings. The Morgan fingerprint density at radius 2 is 1.86 bits per heavy atom. The normalized spacial score (nSPS) is 21.2. The van der Waals surface area contributed by atoms with Gasteiger partial charge in [0, 0.05) is 31.0 Å². The Hall–Kier alpha value is -1.30. The molecule has 0 unspecified atom stereocenters. The first-order valence-corrected chi connectivity index (χ1v) is 7.97. The van der Waals surface area contributed by atoms with Crippen LogP contribution in [0.3, 0.4) is 0 Å². The molecule has 1 aromatic carbocycles. The smallest absolute Gasteiger partial charge is 0.168 e. The van der Waals surface area contributed by atoms with Crippen molar-refractivity contribution in [3.63, 3.8) is 0 Å². The Balaban J connectivity index is 1.54. The summed E-state index contributed by atoms with van der Waals surface area (Å²) in [6.45, 7) is 2.25. The molecule has 22 heavy (non-hydrogen) atoms. The average Bonchev–Trinajstić information content (AvgIpc) is 3.02. The summed E-state index contributed by atoms with van der Waals surface area (Å²) in [6.07, 6.45) is 4.10. The van der Waals surface area contributed by atoms with Gasteiger partial charge in [-0.05, 0) is 31.0 Å². The van der Waals surface area contributed by atoms with Crippen molar-refractivity contribution in [3.05, 3.63) is 23.8 Å². The molecule has 122 valence electrons. The fourth-order valence-electron chi connectivity index (χ4n) is 3.32. The highest BCUT2D eigenvalue weighted by atomic mass is 16.7. The van der Waals surface area contributed by atoms with Crippen LogP contribution >= 0.6 is 0 Å². The van der Waals surface area contributed by atoms with Gasteiger partial charge in [-0.25, -0.2) is 0 Å². The van der Waals surface area contributed by atoms with Crippen LogP contribution in [0.25, 0.3) is 0 Å². The van der Waals surface area contributed by atoms with Gasteiger partial charge in [-0.15, -0.1) is 0 Å². The third kappa shape index (κ3) is 3.37. The van der Waals surface area contributed by atoms with Crippen LogP contribution in [0.5, 0.6) is 11.5 Å². The molecule has 1 aliphatic heterocycles. The number of ether oxygens (including phenoxy) is 4. The van der Waals surface area contributed by atoms with Crippen LogP contribution < -0.4 is 14.8 Å². The van der Waals surface area contributed by atoms with Crippen LogP contribution in [0.4, 0.5) is 0 Å². The van der Waals surface area contributed by atoms with E-state index in [2.05, 4.69) is 5.32 Å². The predicted molar refractivity (Wildman–Crippen MR) is 83.3 cm³/mol. The van der Waals surface area contributed by atoms with E-state index in [4.69, 9.17) is 18.9 Å². The monoisotopic (exact) mass is 307 g/mol. The van der Waals surface area contributed by atoms with Crippen LogP contribution in [0, 0.1) is 0 Å². The molecule has 1 aliphatic carbocycles. The minimum Gasteiger partial charge on any atom is -0.497 e. The first-order valence-electron chi connectivity index (χ1n) is 7.97. The number of nitrogens with one attached hydrogen (secondary N) is 1. The molecule has 1 saturated heterocycles. The summed E-state index contributed by atoms with van der Waals surface area (Å²) in [5.41, 5.74) is 1.12. The van der Waals surface area contributed by atoms with Crippen molar-refractivity contribution in [1.29, 1.82) is 0 Å². The van der Waals surface area contributed by atoms with Crippen LogP contribution in [0.1, 0.15) is 31.2 Å². The van der Waals surface area contributed by atoms with Crippen LogP contribution in [0.2, 0.25) is 0 Å². The van der Waals surface area contributed by atoms with Gasteiger partial charge in [-0.2, -0.15) is 0 Å². The summed E-state index contributed by atoms with van der Waals surface area (Å²) >= 11 is 0. The summed E-state index contributed by atoms with van der Waals surface area (Å²) in [6, 6.07) is 6.39. The zero-order valence-corrected chi connectivity index (χ0v) is 13.4. The van der Waals surface area contributed by atoms with Crippen molar-refractivity contribution in [1.82, 2.24) is 5.32 Å². The summed E-state index contributed by atoms with van der Waals surface area (Å²) in [4.78, 5) is 0. The molecule has 1 saturated carbocycles. The molecule has 0 radical (unpaired) electrons. The van der Waals surface area contributed by atoms with Crippen molar-refractivity contribution in [3.8, 4) is 11.5 Å². The van der Waals surface area contributed by atoms with Crippen LogP contribution in [0.15, 0.2) is 18.2 Å². The van der Waals surface area contributed by atoms with Gasteiger partial charge in [-0.1, -0.05) is 0 Å². The predicted octanol–water partition coefficient (Wildman–Crippen LogP) is 2.48. The highest BCUT2D eigenvalue weighted by Crippen LogP contribution is 2.36. The van der Waals surface area contributed by atoms with E-state index in [9.17, 15) is 0 Å². The summed E-state index contributed by atoms with van der Waals surface area (Å²) in [5.74, 6) is 1.46. The molecule has 0 atom stereocenters. The van der Waals surface area contributed by atoms with E-state index in [0.717, 1.165) is 62.5 Å². The lowest BCUT2D eigenvalue weighted by molar-refractivity contribution is -0.179. The summed E-state index contributed by atoms with van der Waals surface area (Å²) < 4.78 is 22.3. The lowest BCUT2D eigenvalue weighted by Gasteiger charge is -2.35. The van der Waals surface area contributed by atoms with Gasteiger partial charge >= 0.3 is 0 Å². The third-order valence-corrected chi connectivity index (χ3v) is 4.63. The SMILES string of the molecule is COc1ccc(OC)c(CNC2CCC3(CC2)OCCO3)c1. The second-order valence-corrected chi connectivity index (χ2v) is 5.94. The van der Waals surface area contributed by atoms with Crippen molar-refractivity contribution in [2.24, 2.45) is 0 Å². The van der Waals surface area contributed by atoms with Crippen molar-refractivity contribution < 1.29 is 18.9 Å². The second kappa shape index (κ2) is 6.86. The van der Waals surface area contributed by atoms with Crippen molar-refractivity contribution >= 4 is 0 Å². The highest BCUT2D eigenvalue weighted by Gasteiger charge is 2.40. The van der Waals surface area contributed by atoms with Gasteiger partial charge < -0.3 is 24.3 Å². The topological polar surface area (TPSA) is 49.0 Å². The van der Waals surface area contributed by atoms with Gasteiger partial charge in [0.2, 0.25) is 0 Å². The molecular weight excluding hydrogens is 282 g/mol. The Labute approximate surface area is 131 Å². The quantitative estimate of drug-likeness (QED) is 0.905. The molecule has 1 spiro atoms. The van der Waals surface area contributed by atoms with Crippen molar-refractivity contribution in [2.75, 3.05) is 27.4 Å². The van der Waals surface area contributed by atoms with Gasteiger partial charge in [0.15, 0.2) is 5.79 Å². The van der Waals surface area contributed by atoms with E-state index in [1.807, 2.05) is 18.2 Å². The first kappa shape index (κ1) is 15.6. The lowest BCUT2D eigenvalue weighted by atomic mass is 9.90. The maximum Gasteiger partial charge on any atom is 0.168 e. The number of hydrogen-bond acceptors (Lipinski definition) is 5. The number of rotatable bonds is 5. The third-order valence-electron chi connectivity index (χ3n) is 4.63. The van der Waals surface area contributed by atoms with E-state index in [0.29, 0.717) is 6.04 Å². The molecule has 5 nitrogen and oxygen atoms in total. The number of hydrogen-bond donors (Lipinski definition) is 1. The average molecular weight is 307 g/mol. The second-order valence-electron chi connectivity index (χ2n) is 5.94. The highest BCUT2D eigenvalue weighted by molar-refractivity contribution is 5.40. The van der Waals surface area contributed by atoms with Gasteiger partial charge in [0.05, 0.1) is 27.4 Å². The fourth-order valence-corrected chi connectivity index (χ4v) is 3.32. The van der Waals surface area contributed by atoms with Gasteiger partial charge in [0.1, 0.15) is 11.5 Å². The Kier molecular flexibility index (Phi) is 4.86. The van der Waals surface area contributed by atoms with E-state index >= 15 is 0 Å². The summed E-state index contributed by atoms with van der Waals surface area (Å²) in [7, 11) is 3.38.